The van der Waals surface area contributed by atoms with Crippen molar-refractivity contribution >= 4 is 10.9 Å². The second kappa shape index (κ2) is 4.44. The Kier molecular flexibility index (Phi) is 2.76. The molecule has 0 aliphatic carbocycles. The fraction of sp³-hybridized carbons (Fsp3) is 0.214. The van der Waals surface area contributed by atoms with Crippen LogP contribution in [0.1, 0.15) is 24.5 Å². The molecule has 0 radical (unpaired) electrons. The zero-order chi connectivity index (χ0) is 13.4. The van der Waals surface area contributed by atoms with Crippen LogP contribution in [0.3, 0.4) is 0 Å². The van der Waals surface area contributed by atoms with E-state index < -0.39 is 6.10 Å². The minimum Gasteiger partial charge on any atom is -0.384 e. The van der Waals surface area contributed by atoms with E-state index in [1.165, 1.54) is 0 Å². The molecule has 2 heterocycles. The monoisotopic (exact) mass is 255 g/mol. The van der Waals surface area contributed by atoms with E-state index in [4.69, 9.17) is 4.52 Å². The predicted octanol–water partition coefficient (Wildman–Crippen LogP) is 2.65. The molecule has 0 aliphatic heterocycles. The summed E-state index contributed by atoms with van der Waals surface area (Å²) >= 11 is 0. The van der Waals surface area contributed by atoms with Crippen molar-refractivity contribution in [2.24, 2.45) is 0 Å². The van der Waals surface area contributed by atoms with Gasteiger partial charge < -0.3 is 9.63 Å². The number of para-hydroxylation sites is 1. The van der Waals surface area contributed by atoms with Gasteiger partial charge in [0.05, 0.1) is 5.52 Å². The summed E-state index contributed by atoms with van der Waals surface area (Å²) in [5.41, 5.74) is 2.64. The second-order valence-electron chi connectivity index (χ2n) is 4.47. The highest BCUT2D eigenvalue weighted by atomic mass is 16.5. The van der Waals surface area contributed by atoms with Gasteiger partial charge in [-0.2, -0.15) is 4.98 Å². The molecular weight excluding hydrogens is 242 g/mol. The molecule has 1 N–H and O–H groups in total. The number of benzene rings is 1. The Morgan fingerprint density at radius 1 is 1.21 bits per heavy atom. The molecule has 1 atom stereocenters. The normalized spacial score (nSPS) is 12.8. The fourth-order valence-electron chi connectivity index (χ4n) is 1.97. The Bertz CT molecular complexity index is 734. The highest BCUT2D eigenvalue weighted by molar-refractivity contribution is 5.84. The van der Waals surface area contributed by atoms with Crippen LogP contribution in [0.5, 0.6) is 0 Å². The van der Waals surface area contributed by atoms with Crippen molar-refractivity contribution in [1.82, 2.24) is 15.1 Å². The van der Waals surface area contributed by atoms with E-state index in [2.05, 4.69) is 15.1 Å². The molecule has 2 aromatic heterocycles. The minimum atomic E-state index is -0.775. The number of rotatable bonds is 2. The number of hydrogen-bond donors (Lipinski definition) is 1. The van der Waals surface area contributed by atoms with E-state index in [-0.39, 0.29) is 5.89 Å². The van der Waals surface area contributed by atoms with E-state index in [1.807, 2.05) is 37.3 Å². The van der Waals surface area contributed by atoms with Gasteiger partial charge in [-0.25, -0.2) is 4.98 Å². The lowest BCUT2D eigenvalue weighted by Crippen LogP contribution is -1.92. The number of aryl methyl sites for hydroxylation is 1. The van der Waals surface area contributed by atoms with Crippen molar-refractivity contribution in [3.8, 4) is 11.5 Å². The molecular formula is C14H13N3O2. The van der Waals surface area contributed by atoms with Crippen LogP contribution in [0.15, 0.2) is 34.9 Å². The van der Waals surface area contributed by atoms with Crippen LogP contribution >= 0.6 is 0 Å². The summed E-state index contributed by atoms with van der Waals surface area (Å²) in [6.07, 6.45) is -0.775. The summed E-state index contributed by atoms with van der Waals surface area (Å²) < 4.78 is 4.98. The van der Waals surface area contributed by atoms with Crippen LogP contribution in [-0.4, -0.2) is 20.2 Å². The summed E-state index contributed by atoms with van der Waals surface area (Å²) in [5.74, 6) is 0.590. The Morgan fingerprint density at radius 2 is 2.00 bits per heavy atom. The third-order valence-electron chi connectivity index (χ3n) is 2.95. The van der Waals surface area contributed by atoms with E-state index in [0.29, 0.717) is 11.5 Å². The second-order valence-corrected chi connectivity index (χ2v) is 4.47. The van der Waals surface area contributed by atoms with Gasteiger partial charge in [0.2, 0.25) is 5.82 Å². The maximum absolute atomic E-state index is 9.39. The van der Waals surface area contributed by atoms with Crippen LogP contribution in [-0.2, 0) is 0 Å². The van der Waals surface area contributed by atoms with Gasteiger partial charge in [-0.05, 0) is 31.5 Å². The van der Waals surface area contributed by atoms with Crippen molar-refractivity contribution in [3.05, 3.63) is 41.8 Å². The van der Waals surface area contributed by atoms with Crippen LogP contribution in [0.2, 0.25) is 0 Å². The van der Waals surface area contributed by atoms with Crippen LogP contribution in [0.25, 0.3) is 22.4 Å². The first-order valence-electron chi connectivity index (χ1n) is 6.03. The summed E-state index contributed by atoms with van der Waals surface area (Å²) in [6.45, 7) is 3.60. The van der Waals surface area contributed by atoms with E-state index in [0.717, 1.165) is 16.5 Å². The van der Waals surface area contributed by atoms with E-state index in [1.54, 1.807) is 6.92 Å². The van der Waals surface area contributed by atoms with E-state index >= 15 is 0 Å². The largest absolute Gasteiger partial charge is 0.384 e. The van der Waals surface area contributed by atoms with Crippen molar-refractivity contribution < 1.29 is 9.63 Å². The Balaban J connectivity index is 2.14. The lowest BCUT2D eigenvalue weighted by Gasteiger charge is -2.03. The number of aliphatic hydroxyl groups excluding tert-OH is 1. The molecule has 0 saturated heterocycles. The van der Waals surface area contributed by atoms with Crippen molar-refractivity contribution in [2.75, 3.05) is 0 Å². The van der Waals surface area contributed by atoms with Gasteiger partial charge in [0.15, 0.2) is 0 Å². The highest BCUT2D eigenvalue weighted by Gasteiger charge is 2.14. The molecule has 0 aliphatic rings. The summed E-state index contributed by atoms with van der Waals surface area (Å²) in [6, 6.07) is 9.81. The quantitative estimate of drug-likeness (QED) is 0.762. The molecule has 0 saturated carbocycles. The SMILES string of the molecule is Cc1cc(-c2noc(C(C)O)n2)nc2ccccc12. The Morgan fingerprint density at radius 3 is 2.74 bits per heavy atom. The van der Waals surface area contributed by atoms with Gasteiger partial charge in [-0.15, -0.1) is 0 Å². The summed E-state index contributed by atoms with van der Waals surface area (Å²) in [5, 5.41) is 14.3. The van der Waals surface area contributed by atoms with Gasteiger partial charge in [-0.1, -0.05) is 23.4 Å². The maximum Gasteiger partial charge on any atom is 0.255 e. The number of nitrogens with zero attached hydrogens (tertiary/aromatic N) is 3. The first-order valence-corrected chi connectivity index (χ1v) is 6.03. The molecule has 5 heteroatoms. The third kappa shape index (κ3) is 2.08. The number of aromatic nitrogens is 3. The standard InChI is InChI=1S/C14H13N3O2/c1-8-7-12(13-16-14(9(2)18)19-17-13)15-11-6-4-3-5-10(8)11/h3-7,9,18H,1-2H3. The first-order chi connectivity index (χ1) is 9.15. The third-order valence-corrected chi connectivity index (χ3v) is 2.95. The summed E-state index contributed by atoms with van der Waals surface area (Å²) in [7, 11) is 0. The molecule has 0 amide bonds. The molecule has 19 heavy (non-hydrogen) atoms. The van der Waals surface area contributed by atoms with Crippen LogP contribution in [0.4, 0.5) is 0 Å². The maximum atomic E-state index is 9.39. The highest BCUT2D eigenvalue weighted by Crippen LogP contribution is 2.23. The average Bonchev–Trinajstić information content (AvgIpc) is 2.88. The van der Waals surface area contributed by atoms with Gasteiger partial charge >= 0.3 is 0 Å². The Labute approximate surface area is 109 Å². The number of fused-ring (bicyclic) bond motifs is 1. The van der Waals surface area contributed by atoms with Gasteiger partial charge in [0, 0.05) is 5.39 Å². The average molecular weight is 255 g/mol. The van der Waals surface area contributed by atoms with Crippen LogP contribution in [0, 0.1) is 6.92 Å². The zero-order valence-electron chi connectivity index (χ0n) is 10.7. The fourth-order valence-corrected chi connectivity index (χ4v) is 1.97. The molecule has 5 nitrogen and oxygen atoms in total. The lowest BCUT2D eigenvalue weighted by molar-refractivity contribution is 0.152. The topological polar surface area (TPSA) is 72.0 Å². The van der Waals surface area contributed by atoms with Crippen molar-refractivity contribution in [2.45, 2.75) is 20.0 Å². The predicted molar refractivity (Wildman–Crippen MR) is 70.4 cm³/mol. The minimum absolute atomic E-state index is 0.197. The van der Waals surface area contributed by atoms with Crippen LogP contribution < -0.4 is 0 Å². The molecule has 0 spiro atoms. The van der Waals surface area contributed by atoms with Gasteiger partial charge in [-0.3, -0.25) is 0 Å². The molecule has 3 aromatic rings. The molecule has 3 rings (SSSR count). The molecule has 96 valence electrons. The van der Waals surface area contributed by atoms with Gasteiger partial charge in [0.1, 0.15) is 11.8 Å². The molecule has 1 aromatic carbocycles. The Hall–Kier alpha value is -2.27. The first kappa shape index (κ1) is 11.8. The van der Waals surface area contributed by atoms with E-state index in [9.17, 15) is 5.11 Å². The van der Waals surface area contributed by atoms with Crippen molar-refractivity contribution in [1.29, 1.82) is 0 Å². The number of aliphatic hydroxyl groups is 1. The smallest absolute Gasteiger partial charge is 0.255 e. The lowest BCUT2D eigenvalue weighted by atomic mass is 10.1. The molecule has 0 bridgehead atoms. The number of pyridine rings is 1. The number of hydrogen-bond acceptors (Lipinski definition) is 5. The van der Waals surface area contributed by atoms with Gasteiger partial charge in [0.25, 0.3) is 5.89 Å². The molecule has 1 unspecified atom stereocenters. The zero-order valence-corrected chi connectivity index (χ0v) is 10.7. The van der Waals surface area contributed by atoms with Crippen molar-refractivity contribution in [3.63, 3.8) is 0 Å². The molecule has 0 fully saturated rings. The summed E-state index contributed by atoms with van der Waals surface area (Å²) in [4.78, 5) is 8.65.